The molecule has 4 nitrogen and oxygen atoms in total. The Hall–Kier alpha value is -1.20. The van der Waals surface area contributed by atoms with Gasteiger partial charge in [0.05, 0.1) is 5.52 Å². The summed E-state index contributed by atoms with van der Waals surface area (Å²) in [6.07, 6.45) is 2.87. The van der Waals surface area contributed by atoms with E-state index < -0.39 is 0 Å². The Morgan fingerprint density at radius 2 is 1.95 bits per heavy atom. The summed E-state index contributed by atoms with van der Waals surface area (Å²) in [7, 11) is 0. The Balaban J connectivity index is 1.84. The van der Waals surface area contributed by atoms with Gasteiger partial charge in [0.2, 0.25) is 0 Å². The summed E-state index contributed by atoms with van der Waals surface area (Å²) < 4.78 is 0. The maximum absolute atomic E-state index is 4.53. The minimum atomic E-state index is 1.03. The van der Waals surface area contributed by atoms with Crippen LogP contribution >= 0.6 is 15.9 Å². The normalized spacial score (nSPS) is 17.4. The molecule has 2 heterocycles. The molecule has 0 bridgehead atoms. The standard InChI is InChI=1S/C15H19BrN4/c16-6-9-19-7-3-8-20(11-10-19)15-13-4-1-2-5-14(13)17-12-18-15/h1-2,4-5,12H,3,6-11H2. The fourth-order valence-corrected chi connectivity index (χ4v) is 3.27. The fraction of sp³-hybridized carbons (Fsp3) is 0.467. The van der Waals surface area contributed by atoms with E-state index in [0.29, 0.717) is 0 Å². The number of hydrogen-bond donors (Lipinski definition) is 0. The molecule has 1 aliphatic heterocycles. The first-order chi connectivity index (χ1) is 9.88. The molecule has 1 aromatic heterocycles. The molecule has 1 aromatic carbocycles. The van der Waals surface area contributed by atoms with E-state index in [0.717, 1.165) is 48.2 Å². The van der Waals surface area contributed by atoms with Gasteiger partial charge in [0, 0.05) is 36.9 Å². The molecule has 0 atom stereocenters. The Bertz CT molecular complexity index is 569. The van der Waals surface area contributed by atoms with E-state index >= 15 is 0 Å². The highest BCUT2D eigenvalue weighted by Gasteiger charge is 2.17. The zero-order valence-electron chi connectivity index (χ0n) is 11.5. The predicted molar refractivity (Wildman–Crippen MR) is 86.6 cm³/mol. The first kappa shape index (κ1) is 13.8. The monoisotopic (exact) mass is 334 g/mol. The highest BCUT2D eigenvalue weighted by molar-refractivity contribution is 9.09. The average Bonchev–Trinajstić information content (AvgIpc) is 2.73. The SMILES string of the molecule is BrCCN1CCCN(c2ncnc3ccccc23)CC1. The molecule has 0 aliphatic carbocycles. The lowest BCUT2D eigenvalue weighted by molar-refractivity contribution is 0.313. The molecule has 3 rings (SSSR count). The van der Waals surface area contributed by atoms with Crippen molar-refractivity contribution >= 4 is 32.7 Å². The van der Waals surface area contributed by atoms with Crippen LogP contribution in [0, 0.1) is 0 Å². The van der Waals surface area contributed by atoms with Gasteiger partial charge in [-0.15, -0.1) is 0 Å². The van der Waals surface area contributed by atoms with Gasteiger partial charge in [0.25, 0.3) is 0 Å². The van der Waals surface area contributed by atoms with Gasteiger partial charge in [-0.25, -0.2) is 9.97 Å². The van der Waals surface area contributed by atoms with Gasteiger partial charge in [0.15, 0.2) is 0 Å². The number of nitrogens with zero attached hydrogens (tertiary/aromatic N) is 4. The Morgan fingerprint density at radius 3 is 2.85 bits per heavy atom. The molecule has 20 heavy (non-hydrogen) atoms. The quantitative estimate of drug-likeness (QED) is 0.807. The van der Waals surface area contributed by atoms with Crippen molar-refractivity contribution in [3.8, 4) is 0 Å². The minimum absolute atomic E-state index is 1.03. The van der Waals surface area contributed by atoms with E-state index in [2.05, 4.69) is 53.9 Å². The lowest BCUT2D eigenvalue weighted by Gasteiger charge is -2.23. The number of anilines is 1. The second kappa shape index (κ2) is 6.50. The van der Waals surface area contributed by atoms with Gasteiger partial charge in [-0.05, 0) is 25.1 Å². The van der Waals surface area contributed by atoms with Crippen LogP contribution in [0.3, 0.4) is 0 Å². The van der Waals surface area contributed by atoms with E-state index in [-0.39, 0.29) is 0 Å². The average molecular weight is 335 g/mol. The number of alkyl halides is 1. The van der Waals surface area contributed by atoms with Crippen LogP contribution in [0.25, 0.3) is 10.9 Å². The van der Waals surface area contributed by atoms with Gasteiger partial charge in [-0.2, -0.15) is 0 Å². The molecule has 2 aromatic rings. The molecule has 5 heteroatoms. The first-order valence-corrected chi connectivity index (χ1v) is 8.23. The molecule has 0 spiro atoms. The van der Waals surface area contributed by atoms with Crippen molar-refractivity contribution in [2.75, 3.05) is 43.0 Å². The summed E-state index contributed by atoms with van der Waals surface area (Å²) in [6.45, 7) is 5.50. The van der Waals surface area contributed by atoms with E-state index in [9.17, 15) is 0 Å². The third kappa shape index (κ3) is 2.94. The van der Waals surface area contributed by atoms with Gasteiger partial charge in [0.1, 0.15) is 12.1 Å². The second-order valence-electron chi connectivity index (χ2n) is 5.09. The summed E-state index contributed by atoms with van der Waals surface area (Å²) in [5.41, 5.74) is 1.03. The Morgan fingerprint density at radius 1 is 1.05 bits per heavy atom. The molecule has 1 aliphatic rings. The summed E-state index contributed by atoms with van der Waals surface area (Å²) in [5, 5.41) is 2.20. The van der Waals surface area contributed by atoms with Crippen molar-refractivity contribution in [1.29, 1.82) is 0 Å². The highest BCUT2D eigenvalue weighted by atomic mass is 79.9. The molecule has 0 radical (unpaired) electrons. The van der Waals surface area contributed by atoms with Crippen LogP contribution in [0.4, 0.5) is 5.82 Å². The van der Waals surface area contributed by atoms with Crippen molar-refractivity contribution in [1.82, 2.24) is 14.9 Å². The van der Waals surface area contributed by atoms with Crippen molar-refractivity contribution < 1.29 is 0 Å². The van der Waals surface area contributed by atoms with Crippen LogP contribution < -0.4 is 4.90 Å². The zero-order valence-corrected chi connectivity index (χ0v) is 13.1. The first-order valence-electron chi connectivity index (χ1n) is 7.11. The van der Waals surface area contributed by atoms with E-state index in [4.69, 9.17) is 0 Å². The lowest BCUT2D eigenvalue weighted by atomic mass is 10.2. The highest BCUT2D eigenvalue weighted by Crippen LogP contribution is 2.23. The molecular weight excluding hydrogens is 316 g/mol. The number of aromatic nitrogens is 2. The maximum Gasteiger partial charge on any atom is 0.139 e. The lowest BCUT2D eigenvalue weighted by Crippen LogP contribution is -2.32. The molecule has 0 amide bonds. The zero-order chi connectivity index (χ0) is 13.8. The van der Waals surface area contributed by atoms with Crippen molar-refractivity contribution in [2.45, 2.75) is 6.42 Å². The summed E-state index contributed by atoms with van der Waals surface area (Å²) >= 11 is 3.53. The van der Waals surface area contributed by atoms with Crippen molar-refractivity contribution in [2.24, 2.45) is 0 Å². The predicted octanol–water partition coefficient (Wildman–Crippen LogP) is 2.54. The summed E-state index contributed by atoms with van der Waals surface area (Å²) in [5.74, 6) is 1.08. The van der Waals surface area contributed by atoms with Crippen LogP contribution in [0.15, 0.2) is 30.6 Å². The Kier molecular flexibility index (Phi) is 4.47. The number of halogens is 1. The van der Waals surface area contributed by atoms with Gasteiger partial charge in [-0.3, -0.25) is 0 Å². The van der Waals surface area contributed by atoms with Gasteiger partial charge < -0.3 is 9.80 Å². The van der Waals surface area contributed by atoms with E-state index in [1.165, 1.54) is 13.0 Å². The second-order valence-corrected chi connectivity index (χ2v) is 5.88. The smallest absolute Gasteiger partial charge is 0.139 e. The third-order valence-corrected chi connectivity index (χ3v) is 4.17. The van der Waals surface area contributed by atoms with Crippen molar-refractivity contribution in [3.05, 3.63) is 30.6 Å². The summed E-state index contributed by atoms with van der Waals surface area (Å²) in [4.78, 5) is 13.8. The Labute approximate surface area is 127 Å². The number of fused-ring (bicyclic) bond motifs is 1. The van der Waals surface area contributed by atoms with Crippen LogP contribution in [-0.2, 0) is 0 Å². The minimum Gasteiger partial charge on any atom is -0.355 e. The molecular formula is C15H19BrN4. The topological polar surface area (TPSA) is 32.3 Å². The third-order valence-electron chi connectivity index (χ3n) is 3.81. The molecule has 0 saturated carbocycles. The number of hydrogen-bond acceptors (Lipinski definition) is 4. The molecule has 0 unspecified atom stereocenters. The maximum atomic E-state index is 4.53. The molecule has 106 valence electrons. The van der Waals surface area contributed by atoms with Gasteiger partial charge in [-0.1, -0.05) is 28.1 Å². The van der Waals surface area contributed by atoms with Crippen molar-refractivity contribution in [3.63, 3.8) is 0 Å². The summed E-state index contributed by atoms with van der Waals surface area (Å²) in [6, 6.07) is 8.25. The van der Waals surface area contributed by atoms with E-state index in [1.54, 1.807) is 6.33 Å². The number of rotatable bonds is 3. The number of benzene rings is 1. The van der Waals surface area contributed by atoms with E-state index in [1.807, 2.05) is 6.07 Å². The fourth-order valence-electron chi connectivity index (χ4n) is 2.77. The van der Waals surface area contributed by atoms with Crippen LogP contribution in [-0.4, -0.2) is 52.9 Å². The largest absolute Gasteiger partial charge is 0.355 e. The molecule has 1 fully saturated rings. The molecule has 0 N–H and O–H groups in total. The molecule has 1 saturated heterocycles. The van der Waals surface area contributed by atoms with Crippen LogP contribution in [0.1, 0.15) is 6.42 Å². The number of para-hydroxylation sites is 1. The van der Waals surface area contributed by atoms with Crippen LogP contribution in [0.5, 0.6) is 0 Å². The van der Waals surface area contributed by atoms with Gasteiger partial charge >= 0.3 is 0 Å². The van der Waals surface area contributed by atoms with Crippen LogP contribution in [0.2, 0.25) is 0 Å².